The summed E-state index contributed by atoms with van der Waals surface area (Å²) in [7, 11) is 4.67. The lowest BCUT2D eigenvalue weighted by Crippen LogP contribution is -2.40. The minimum atomic E-state index is -0.387. The molecule has 1 aliphatic carbocycles. The van der Waals surface area contributed by atoms with Gasteiger partial charge in [-0.2, -0.15) is 0 Å². The molecule has 0 spiro atoms. The molecular formula is C26H29NO5. The van der Waals surface area contributed by atoms with Crippen LogP contribution in [0.15, 0.2) is 41.6 Å². The molecule has 0 unspecified atom stereocenters. The number of ether oxygens (including phenoxy) is 3. The van der Waals surface area contributed by atoms with Gasteiger partial charge in [0.2, 0.25) is 11.7 Å². The summed E-state index contributed by atoms with van der Waals surface area (Å²) in [6.45, 7) is 4.03. The largest absolute Gasteiger partial charge is 0.493 e. The lowest BCUT2D eigenvalue weighted by Gasteiger charge is -2.39. The van der Waals surface area contributed by atoms with Crippen molar-refractivity contribution in [2.24, 2.45) is 0 Å². The number of Topliss-reactive ketones (excluding diaryl/α,β-unsaturated/α-hetero) is 1. The van der Waals surface area contributed by atoms with Gasteiger partial charge in [-0.1, -0.05) is 12.1 Å². The number of benzene rings is 2. The summed E-state index contributed by atoms with van der Waals surface area (Å²) in [5.74, 6) is 1.18. The molecule has 1 aliphatic heterocycles. The molecule has 0 saturated heterocycles. The van der Waals surface area contributed by atoms with E-state index in [9.17, 15) is 9.59 Å². The number of aryl methyl sites for hydroxylation is 2. The molecule has 6 heteroatoms. The summed E-state index contributed by atoms with van der Waals surface area (Å²) in [5.41, 5.74) is 5.28. The zero-order valence-electron chi connectivity index (χ0n) is 19.3. The van der Waals surface area contributed by atoms with E-state index in [0.717, 1.165) is 34.5 Å². The van der Waals surface area contributed by atoms with Crippen molar-refractivity contribution in [1.82, 2.24) is 0 Å². The van der Waals surface area contributed by atoms with E-state index in [1.807, 2.05) is 32.0 Å². The van der Waals surface area contributed by atoms with Gasteiger partial charge in [-0.05, 0) is 56.0 Å². The summed E-state index contributed by atoms with van der Waals surface area (Å²) >= 11 is 0. The number of hydrogen-bond donors (Lipinski definition) is 0. The second kappa shape index (κ2) is 8.69. The van der Waals surface area contributed by atoms with E-state index in [-0.39, 0.29) is 24.0 Å². The summed E-state index contributed by atoms with van der Waals surface area (Å²) in [6, 6.07) is 9.76. The molecule has 0 radical (unpaired) electrons. The highest BCUT2D eigenvalue weighted by molar-refractivity contribution is 6.07. The summed E-state index contributed by atoms with van der Waals surface area (Å²) in [4.78, 5) is 28.5. The maximum atomic E-state index is 13.5. The highest BCUT2D eigenvalue weighted by Gasteiger charge is 2.41. The Bertz CT molecular complexity index is 1100. The van der Waals surface area contributed by atoms with Gasteiger partial charge >= 0.3 is 0 Å². The molecule has 1 amide bonds. The summed E-state index contributed by atoms with van der Waals surface area (Å²) < 4.78 is 16.7. The van der Waals surface area contributed by atoms with E-state index in [4.69, 9.17) is 14.2 Å². The molecule has 0 saturated carbocycles. The number of ketones is 1. The second-order valence-corrected chi connectivity index (χ2v) is 8.39. The normalized spacial score (nSPS) is 18.5. The first-order valence-corrected chi connectivity index (χ1v) is 10.9. The monoisotopic (exact) mass is 435 g/mol. The zero-order valence-corrected chi connectivity index (χ0v) is 19.3. The maximum Gasteiger partial charge on any atom is 0.232 e. The quantitative estimate of drug-likeness (QED) is 0.671. The molecule has 32 heavy (non-hydrogen) atoms. The van der Waals surface area contributed by atoms with Crippen molar-refractivity contribution in [2.75, 3.05) is 26.2 Å². The van der Waals surface area contributed by atoms with Crippen LogP contribution < -0.4 is 19.1 Å². The van der Waals surface area contributed by atoms with E-state index >= 15 is 0 Å². The molecule has 2 aromatic carbocycles. The van der Waals surface area contributed by atoms with Crippen molar-refractivity contribution in [3.05, 3.63) is 58.3 Å². The Labute approximate surface area is 188 Å². The number of amides is 1. The SMILES string of the molecule is COc1ccc([C@@H]2CC(=O)N(c3cc(C)cc(C)c3)C3=C2C(=O)CCC3)c(OC)c1OC. The molecule has 6 nitrogen and oxygen atoms in total. The number of methoxy groups -OCH3 is 3. The van der Waals surface area contributed by atoms with E-state index < -0.39 is 0 Å². The Morgan fingerprint density at radius 1 is 0.875 bits per heavy atom. The fraction of sp³-hybridized carbons (Fsp3) is 0.385. The van der Waals surface area contributed by atoms with Crippen molar-refractivity contribution in [3.63, 3.8) is 0 Å². The Morgan fingerprint density at radius 2 is 1.56 bits per heavy atom. The van der Waals surface area contributed by atoms with E-state index in [1.54, 1.807) is 32.3 Å². The van der Waals surface area contributed by atoms with Gasteiger partial charge in [0, 0.05) is 41.3 Å². The number of anilines is 1. The predicted molar refractivity (Wildman–Crippen MR) is 123 cm³/mol. The van der Waals surface area contributed by atoms with Gasteiger partial charge in [0.1, 0.15) is 0 Å². The Hall–Kier alpha value is -3.28. The highest BCUT2D eigenvalue weighted by Crippen LogP contribution is 2.49. The van der Waals surface area contributed by atoms with Crippen molar-refractivity contribution >= 4 is 17.4 Å². The molecular weight excluding hydrogens is 406 g/mol. The Kier molecular flexibility index (Phi) is 5.96. The first kappa shape index (κ1) is 21.9. The van der Waals surface area contributed by atoms with Crippen molar-refractivity contribution < 1.29 is 23.8 Å². The van der Waals surface area contributed by atoms with Crippen molar-refractivity contribution in [1.29, 1.82) is 0 Å². The number of allylic oxidation sites excluding steroid dienone is 2. The van der Waals surface area contributed by atoms with Gasteiger partial charge in [-0.15, -0.1) is 0 Å². The third kappa shape index (κ3) is 3.64. The molecule has 4 rings (SSSR count). The van der Waals surface area contributed by atoms with Gasteiger partial charge in [-0.25, -0.2) is 0 Å². The van der Waals surface area contributed by atoms with Gasteiger partial charge < -0.3 is 14.2 Å². The predicted octanol–water partition coefficient (Wildman–Crippen LogP) is 4.86. The van der Waals surface area contributed by atoms with E-state index in [1.165, 1.54) is 0 Å². The van der Waals surface area contributed by atoms with Gasteiger partial charge in [0.05, 0.1) is 21.3 Å². The third-order valence-electron chi connectivity index (χ3n) is 6.25. The third-order valence-corrected chi connectivity index (χ3v) is 6.25. The smallest absolute Gasteiger partial charge is 0.232 e. The van der Waals surface area contributed by atoms with Crippen LogP contribution in [-0.2, 0) is 9.59 Å². The molecule has 1 atom stereocenters. The minimum Gasteiger partial charge on any atom is -0.493 e. The summed E-state index contributed by atoms with van der Waals surface area (Å²) in [5, 5.41) is 0. The van der Waals surface area contributed by atoms with Gasteiger partial charge in [0.15, 0.2) is 17.3 Å². The first-order chi connectivity index (χ1) is 15.4. The average Bonchev–Trinajstić information content (AvgIpc) is 2.76. The minimum absolute atomic E-state index is 0.0229. The first-order valence-electron chi connectivity index (χ1n) is 10.9. The fourth-order valence-electron chi connectivity index (χ4n) is 5.04. The topological polar surface area (TPSA) is 65.1 Å². The molecule has 0 N–H and O–H groups in total. The number of hydrogen-bond acceptors (Lipinski definition) is 5. The highest BCUT2D eigenvalue weighted by atomic mass is 16.5. The lowest BCUT2D eigenvalue weighted by atomic mass is 9.76. The number of rotatable bonds is 5. The van der Waals surface area contributed by atoms with Crippen molar-refractivity contribution in [3.8, 4) is 17.2 Å². The van der Waals surface area contributed by atoms with Crippen LogP contribution in [0.2, 0.25) is 0 Å². The molecule has 0 bridgehead atoms. The maximum absolute atomic E-state index is 13.5. The number of carbonyl (C=O) groups is 2. The fourth-order valence-corrected chi connectivity index (χ4v) is 5.04. The van der Waals surface area contributed by atoms with Gasteiger partial charge in [-0.3, -0.25) is 14.5 Å². The molecule has 0 fully saturated rings. The summed E-state index contributed by atoms with van der Waals surface area (Å²) in [6.07, 6.45) is 2.09. The molecule has 168 valence electrons. The molecule has 1 heterocycles. The lowest BCUT2D eigenvalue weighted by molar-refractivity contribution is -0.119. The van der Waals surface area contributed by atoms with Crippen LogP contribution in [0.4, 0.5) is 5.69 Å². The van der Waals surface area contributed by atoms with Crippen LogP contribution in [0, 0.1) is 13.8 Å². The number of nitrogens with zero attached hydrogens (tertiary/aromatic N) is 1. The van der Waals surface area contributed by atoms with E-state index in [2.05, 4.69) is 6.07 Å². The van der Waals surface area contributed by atoms with Crippen LogP contribution in [0.5, 0.6) is 17.2 Å². The Balaban J connectivity index is 1.91. The second-order valence-electron chi connectivity index (χ2n) is 8.39. The average molecular weight is 436 g/mol. The number of carbonyl (C=O) groups excluding carboxylic acids is 2. The van der Waals surface area contributed by atoms with E-state index in [0.29, 0.717) is 35.7 Å². The van der Waals surface area contributed by atoms with Crippen LogP contribution in [-0.4, -0.2) is 33.0 Å². The van der Waals surface area contributed by atoms with Crippen LogP contribution in [0.3, 0.4) is 0 Å². The van der Waals surface area contributed by atoms with Crippen molar-refractivity contribution in [2.45, 2.75) is 45.4 Å². The van der Waals surface area contributed by atoms with Gasteiger partial charge in [0.25, 0.3) is 0 Å². The molecule has 2 aromatic rings. The van der Waals surface area contributed by atoms with Crippen LogP contribution >= 0.6 is 0 Å². The molecule has 2 aliphatic rings. The zero-order chi connectivity index (χ0) is 23.0. The standard InChI is InChI=1S/C26H29NO5/c1-15-11-16(2)13-17(12-15)27-20-7-6-8-21(28)24(20)19(14-23(27)29)18-9-10-22(30-3)26(32-5)25(18)31-4/h9-13,19H,6-8,14H2,1-5H3/t19-/m0/s1. The van der Waals surface area contributed by atoms with Crippen LogP contribution in [0.25, 0.3) is 0 Å². The van der Waals surface area contributed by atoms with Crippen LogP contribution in [0.1, 0.15) is 48.3 Å². The molecule has 0 aromatic heterocycles. The Morgan fingerprint density at radius 3 is 2.19 bits per heavy atom.